The number of carbonyl (C=O) groups is 1. The quantitative estimate of drug-likeness (QED) is 0.384. The van der Waals surface area contributed by atoms with Gasteiger partial charge in [0, 0.05) is 35.4 Å². The van der Waals surface area contributed by atoms with E-state index in [4.69, 9.17) is 23.2 Å². The number of halogens is 2. The van der Waals surface area contributed by atoms with Gasteiger partial charge < -0.3 is 20.9 Å². The molecular formula is C24H24Cl2N6O3S. The zero-order valence-electron chi connectivity index (χ0n) is 19.2. The summed E-state index contributed by atoms with van der Waals surface area (Å²) in [5.74, 6) is 1.04. The van der Waals surface area contributed by atoms with Crippen LogP contribution in [-0.4, -0.2) is 48.9 Å². The summed E-state index contributed by atoms with van der Waals surface area (Å²) in [6, 6.07) is 12.8. The molecule has 1 amide bonds. The fourth-order valence-electron chi connectivity index (χ4n) is 3.81. The van der Waals surface area contributed by atoms with E-state index in [9.17, 15) is 13.2 Å². The Hall–Kier alpha value is -3.08. The van der Waals surface area contributed by atoms with Crippen LogP contribution in [0.2, 0.25) is 10.0 Å². The second-order valence-corrected chi connectivity index (χ2v) is 11.9. The molecule has 0 unspecified atom stereocenters. The summed E-state index contributed by atoms with van der Waals surface area (Å²) in [6.07, 6.45) is 3.27. The Morgan fingerprint density at radius 3 is 2.39 bits per heavy atom. The van der Waals surface area contributed by atoms with Crippen molar-refractivity contribution in [2.45, 2.75) is 12.8 Å². The molecule has 2 fully saturated rings. The van der Waals surface area contributed by atoms with Crippen LogP contribution in [-0.2, 0) is 14.6 Å². The van der Waals surface area contributed by atoms with Crippen molar-refractivity contribution in [2.24, 2.45) is 5.92 Å². The van der Waals surface area contributed by atoms with E-state index in [0.717, 1.165) is 24.2 Å². The first kappa shape index (κ1) is 24.6. The molecule has 1 saturated heterocycles. The summed E-state index contributed by atoms with van der Waals surface area (Å²) < 4.78 is 23.3. The highest BCUT2D eigenvalue weighted by atomic mass is 35.5. The minimum atomic E-state index is -2.93. The predicted octanol–water partition coefficient (Wildman–Crippen LogP) is 4.85. The molecule has 0 radical (unpaired) electrons. The van der Waals surface area contributed by atoms with Gasteiger partial charge in [0.15, 0.2) is 15.7 Å². The van der Waals surface area contributed by atoms with Crippen LogP contribution in [0.1, 0.15) is 12.8 Å². The number of sulfone groups is 1. The molecule has 3 aromatic rings. The molecule has 12 heteroatoms. The van der Waals surface area contributed by atoms with Crippen LogP contribution < -0.4 is 20.9 Å². The van der Waals surface area contributed by atoms with Crippen molar-refractivity contribution in [1.29, 1.82) is 0 Å². The number of hydrogen-bond acceptors (Lipinski definition) is 8. The van der Waals surface area contributed by atoms with E-state index >= 15 is 0 Å². The Balaban J connectivity index is 1.29. The smallest absolute Gasteiger partial charge is 0.229 e. The standard InChI is InChI=1S/C24H24Cl2N6O3S/c25-16-3-8-20(21(13-16)30-23(33)15-1-2-15)29-22-19(26)14-27-24(31-22)28-17-4-6-18(7-5-17)32-9-11-36(34,35)12-10-32/h3-8,13-15H,1-2,9-12H2,(H,30,33)(H2,27,28,29,31). The number of hydrogen-bond donors (Lipinski definition) is 3. The van der Waals surface area contributed by atoms with E-state index in [0.29, 0.717) is 46.3 Å². The van der Waals surface area contributed by atoms with Gasteiger partial charge in [-0.25, -0.2) is 13.4 Å². The van der Waals surface area contributed by atoms with E-state index in [1.807, 2.05) is 24.3 Å². The minimum Gasteiger partial charge on any atom is -0.369 e. The highest BCUT2D eigenvalue weighted by molar-refractivity contribution is 7.91. The lowest BCUT2D eigenvalue weighted by molar-refractivity contribution is -0.117. The summed E-state index contributed by atoms with van der Waals surface area (Å²) in [7, 11) is -2.93. The van der Waals surface area contributed by atoms with E-state index in [1.165, 1.54) is 6.20 Å². The fourth-order valence-corrected chi connectivity index (χ4v) is 5.32. The molecule has 0 atom stereocenters. The van der Waals surface area contributed by atoms with E-state index in [2.05, 4.69) is 30.8 Å². The van der Waals surface area contributed by atoms with Crippen LogP contribution in [0.25, 0.3) is 0 Å². The number of nitrogens with one attached hydrogen (secondary N) is 3. The summed E-state index contributed by atoms with van der Waals surface area (Å²) in [6.45, 7) is 0.969. The lowest BCUT2D eigenvalue weighted by Crippen LogP contribution is -2.40. The average Bonchev–Trinajstić information content (AvgIpc) is 3.69. The molecule has 188 valence electrons. The molecule has 2 aromatic carbocycles. The maximum absolute atomic E-state index is 12.3. The number of aromatic nitrogens is 2. The third-order valence-electron chi connectivity index (χ3n) is 6.02. The molecule has 2 heterocycles. The number of carbonyl (C=O) groups excluding carboxylic acids is 1. The zero-order valence-corrected chi connectivity index (χ0v) is 21.5. The van der Waals surface area contributed by atoms with Gasteiger partial charge in [-0.3, -0.25) is 4.79 Å². The van der Waals surface area contributed by atoms with Crippen LogP contribution in [0.15, 0.2) is 48.7 Å². The average molecular weight is 547 g/mol. The normalized spacial score (nSPS) is 16.9. The van der Waals surface area contributed by atoms with Crippen LogP contribution >= 0.6 is 23.2 Å². The minimum absolute atomic E-state index is 0.0360. The van der Waals surface area contributed by atoms with Gasteiger partial charge in [-0.1, -0.05) is 23.2 Å². The lowest BCUT2D eigenvalue weighted by atomic mass is 10.2. The molecule has 36 heavy (non-hydrogen) atoms. The van der Waals surface area contributed by atoms with Crippen molar-refractivity contribution in [3.05, 3.63) is 58.7 Å². The van der Waals surface area contributed by atoms with Gasteiger partial charge in [-0.15, -0.1) is 0 Å². The van der Waals surface area contributed by atoms with Crippen LogP contribution in [0.3, 0.4) is 0 Å². The van der Waals surface area contributed by atoms with Crippen molar-refractivity contribution in [3.63, 3.8) is 0 Å². The topological polar surface area (TPSA) is 116 Å². The maximum atomic E-state index is 12.3. The molecule has 1 aliphatic carbocycles. The van der Waals surface area contributed by atoms with E-state index < -0.39 is 9.84 Å². The third kappa shape index (κ3) is 6.00. The molecule has 1 aromatic heterocycles. The summed E-state index contributed by atoms with van der Waals surface area (Å²) in [5, 5.41) is 10.0. The second kappa shape index (κ2) is 10.1. The zero-order chi connectivity index (χ0) is 25.3. The highest BCUT2D eigenvalue weighted by Crippen LogP contribution is 2.34. The number of nitrogens with zero attached hydrogens (tertiary/aromatic N) is 3. The highest BCUT2D eigenvalue weighted by Gasteiger charge is 2.30. The van der Waals surface area contributed by atoms with Crippen LogP contribution in [0.4, 0.5) is 34.5 Å². The number of anilines is 6. The van der Waals surface area contributed by atoms with Gasteiger partial charge in [0.2, 0.25) is 11.9 Å². The molecule has 3 N–H and O–H groups in total. The molecule has 1 saturated carbocycles. The monoisotopic (exact) mass is 546 g/mol. The Morgan fingerprint density at radius 2 is 1.69 bits per heavy atom. The van der Waals surface area contributed by atoms with Gasteiger partial charge in [-0.05, 0) is 55.3 Å². The Bertz CT molecular complexity index is 1380. The second-order valence-electron chi connectivity index (χ2n) is 8.78. The van der Waals surface area contributed by atoms with Crippen molar-refractivity contribution < 1.29 is 13.2 Å². The molecule has 5 rings (SSSR count). The maximum Gasteiger partial charge on any atom is 0.229 e. The molecule has 9 nitrogen and oxygen atoms in total. The Kier molecular flexibility index (Phi) is 6.92. The lowest BCUT2D eigenvalue weighted by Gasteiger charge is -2.28. The molecule has 0 spiro atoms. The first-order valence-corrected chi connectivity index (χ1v) is 14.1. The Morgan fingerprint density at radius 1 is 0.972 bits per heavy atom. The summed E-state index contributed by atoms with van der Waals surface area (Å²) in [5.41, 5.74) is 2.87. The first-order valence-electron chi connectivity index (χ1n) is 11.5. The molecular weight excluding hydrogens is 523 g/mol. The van der Waals surface area contributed by atoms with Crippen molar-refractivity contribution in [1.82, 2.24) is 9.97 Å². The van der Waals surface area contributed by atoms with Gasteiger partial charge >= 0.3 is 0 Å². The van der Waals surface area contributed by atoms with E-state index in [-0.39, 0.29) is 23.3 Å². The number of benzene rings is 2. The first-order chi connectivity index (χ1) is 17.3. The predicted molar refractivity (Wildman–Crippen MR) is 144 cm³/mol. The Labute approximate surface area is 219 Å². The van der Waals surface area contributed by atoms with E-state index in [1.54, 1.807) is 18.2 Å². The van der Waals surface area contributed by atoms with Gasteiger partial charge in [0.25, 0.3) is 0 Å². The largest absolute Gasteiger partial charge is 0.369 e. The van der Waals surface area contributed by atoms with Crippen LogP contribution in [0, 0.1) is 5.92 Å². The van der Waals surface area contributed by atoms with Crippen LogP contribution in [0.5, 0.6) is 0 Å². The summed E-state index contributed by atoms with van der Waals surface area (Å²) in [4.78, 5) is 23.1. The summed E-state index contributed by atoms with van der Waals surface area (Å²) >= 11 is 12.5. The fraction of sp³-hybridized carbons (Fsp3) is 0.292. The SMILES string of the molecule is O=C(Nc1cc(Cl)ccc1Nc1nc(Nc2ccc(N3CCS(=O)(=O)CC3)cc2)ncc1Cl)C1CC1. The van der Waals surface area contributed by atoms with Gasteiger partial charge in [0.1, 0.15) is 5.02 Å². The molecule has 0 bridgehead atoms. The van der Waals surface area contributed by atoms with Gasteiger partial charge in [0.05, 0.1) is 29.1 Å². The van der Waals surface area contributed by atoms with Crippen molar-refractivity contribution in [3.8, 4) is 0 Å². The number of rotatable bonds is 7. The van der Waals surface area contributed by atoms with Crippen molar-refractivity contribution >= 4 is 73.5 Å². The van der Waals surface area contributed by atoms with Gasteiger partial charge in [-0.2, -0.15) is 4.98 Å². The third-order valence-corrected chi connectivity index (χ3v) is 8.14. The van der Waals surface area contributed by atoms with Crippen molar-refractivity contribution in [2.75, 3.05) is 45.4 Å². The molecule has 1 aliphatic heterocycles. The molecule has 2 aliphatic rings. The number of amides is 1.